The average molecular weight is 216 g/mol. The average Bonchev–Trinajstić information content (AvgIpc) is 2.82. The number of fused-ring (bicyclic) bond motifs is 1. The van der Waals surface area contributed by atoms with Crippen LogP contribution in [0, 0.1) is 6.92 Å². The number of rotatable bonds is 1. The number of aromatic nitrogens is 4. The summed E-state index contributed by atoms with van der Waals surface area (Å²) in [5.41, 5.74) is 0.930. The monoisotopic (exact) mass is 216 g/mol. The van der Waals surface area contributed by atoms with Gasteiger partial charge in [0.15, 0.2) is 0 Å². The van der Waals surface area contributed by atoms with E-state index in [1.54, 1.807) is 28.2 Å². The molecule has 0 aliphatic rings. The van der Waals surface area contributed by atoms with Gasteiger partial charge in [0.25, 0.3) is 5.78 Å². The van der Waals surface area contributed by atoms with Crippen LogP contribution >= 0.6 is 11.3 Å². The zero-order chi connectivity index (χ0) is 10.3. The molecule has 0 aliphatic heterocycles. The molecule has 3 heterocycles. The maximum Gasteiger partial charge on any atom is 0.251 e. The molecule has 0 aromatic carbocycles. The molecule has 3 aromatic rings. The molecule has 15 heavy (non-hydrogen) atoms. The molecule has 3 rings (SSSR count). The van der Waals surface area contributed by atoms with Crippen LogP contribution in [0.1, 0.15) is 4.88 Å². The molecule has 0 atom stereocenters. The van der Waals surface area contributed by atoms with Crippen LogP contribution in [0.2, 0.25) is 0 Å². The van der Waals surface area contributed by atoms with E-state index in [9.17, 15) is 0 Å². The highest BCUT2D eigenvalue weighted by atomic mass is 32.1. The number of hydrogen-bond acceptors (Lipinski definition) is 4. The standard InChI is InChI=1S/C10H8N4S/c1-7-2-3-9(15-7)8-6-14-10(13-8)11-4-5-12-14/h2-6H,1H3. The summed E-state index contributed by atoms with van der Waals surface area (Å²) in [5.74, 6) is 0.638. The minimum Gasteiger partial charge on any atom is -0.218 e. The van der Waals surface area contributed by atoms with Crippen molar-refractivity contribution >= 4 is 17.1 Å². The van der Waals surface area contributed by atoms with Gasteiger partial charge in [-0.05, 0) is 19.1 Å². The molecule has 0 unspecified atom stereocenters. The van der Waals surface area contributed by atoms with E-state index in [-0.39, 0.29) is 0 Å². The van der Waals surface area contributed by atoms with Gasteiger partial charge >= 0.3 is 0 Å². The van der Waals surface area contributed by atoms with E-state index in [1.807, 2.05) is 6.20 Å². The van der Waals surface area contributed by atoms with Crippen LogP contribution in [0.4, 0.5) is 0 Å². The van der Waals surface area contributed by atoms with Crippen molar-refractivity contribution in [2.24, 2.45) is 0 Å². The first-order chi connectivity index (χ1) is 7.33. The molecular weight excluding hydrogens is 208 g/mol. The zero-order valence-electron chi connectivity index (χ0n) is 8.08. The van der Waals surface area contributed by atoms with Crippen LogP contribution in [0.3, 0.4) is 0 Å². The number of imidazole rings is 1. The van der Waals surface area contributed by atoms with Crippen molar-refractivity contribution in [2.45, 2.75) is 6.92 Å². The Labute approximate surface area is 90.2 Å². The van der Waals surface area contributed by atoms with Crippen molar-refractivity contribution in [3.63, 3.8) is 0 Å². The largest absolute Gasteiger partial charge is 0.251 e. The second kappa shape index (κ2) is 3.13. The van der Waals surface area contributed by atoms with Crippen molar-refractivity contribution in [1.29, 1.82) is 0 Å². The van der Waals surface area contributed by atoms with E-state index >= 15 is 0 Å². The lowest BCUT2D eigenvalue weighted by Gasteiger charge is -1.85. The van der Waals surface area contributed by atoms with Crippen molar-refractivity contribution in [3.05, 3.63) is 35.6 Å². The molecule has 5 heteroatoms. The van der Waals surface area contributed by atoms with E-state index in [0.717, 1.165) is 10.6 Å². The van der Waals surface area contributed by atoms with Gasteiger partial charge in [0.05, 0.1) is 23.5 Å². The summed E-state index contributed by atoms with van der Waals surface area (Å²) < 4.78 is 1.68. The van der Waals surface area contributed by atoms with Gasteiger partial charge in [-0.2, -0.15) is 5.10 Å². The molecule has 0 amide bonds. The van der Waals surface area contributed by atoms with Gasteiger partial charge in [-0.3, -0.25) is 0 Å². The minimum atomic E-state index is 0.638. The molecule has 0 bridgehead atoms. The van der Waals surface area contributed by atoms with Crippen LogP contribution < -0.4 is 0 Å². The maximum absolute atomic E-state index is 4.40. The molecule has 0 radical (unpaired) electrons. The lowest BCUT2D eigenvalue weighted by molar-refractivity contribution is 0.902. The van der Waals surface area contributed by atoms with E-state index < -0.39 is 0 Å². The van der Waals surface area contributed by atoms with Crippen molar-refractivity contribution in [2.75, 3.05) is 0 Å². The summed E-state index contributed by atoms with van der Waals surface area (Å²) >= 11 is 1.72. The molecule has 0 N–H and O–H groups in total. The van der Waals surface area contributed by atoms with Gasteiger partial charge in [0.2, 0.25) is 0 Å². The molecule has 4 nitrogen and oxygen atoms in total. The fraction of sp³-hybridized carbons (Fsp3) is 0.100. The summed E-state index contributed by atoms with van der Waals surface area (Å²) in [4.78, 5) is 11.0. The van der Waals surface area contributed by atoms with Crippen LogP contribution in [-0.4, -0.2) is 19.6 Å². The smallest absolute Gasteiger partial charge is 0.218 e. The first-order valence-electron chi connectivity index (χ1n) is 4.56. The van der Waals surface area contributed by atoms with Gasteiger partial charge in [-0.15, -0.1) is 11.3 Å². The van der Waals surface area contributed by atoms with Gasteiger partial charge in [0, 0.05) is 4.88 Å². The Hall–Kier alpha value is -1.75. The quantitative estimate of drug-likeness (QED) is 0.626. The van der Waals surface area contributed by atoms with Gasteiger partial charge in [-0.1, -0.05) is 0 Å². The fourth-order valence-corrected chi connectivity index (χ4v) is 2.25. The Balaban J connectivity index is 2.19. The molecule has 0 spiro atoms. The van der Waals surface area contributed by atoms with Crippen molar-refractivity contribution < 1.29 is 0 Å². The highest BCUT2D eigenvalue weighted by Gasteiger charge is 2.06. The second-order valence-electron chi connectivity index (χ2n) is 3.22. The Morgan fingerprint density at radius 2 is 2.20 bits per heavy atom. The molecular formula is C10H8N4S. The molecule has 0 saturated heterocycles. The number of aryl methyl sites for hydroxylation is 1. The Bertz CT molecular complexity index is 577. The lowest BCUT2D eigenvalue weighted by Crippen LogP contribution is -1.89. The van der Waals surface area contributed by atoms with Crippen LogP contribution in [0.15, 0.2) is 30.7 Å². The fourth-order valence-electron chi connectivity index (χ4n) is 1.43. The molecule has 0 saturated carbocycles. The molecule has 0 aliphatic carbocycles. The zero-order valence-corrected chi connectivity index (χ0v) is 8.90. The third kappa shape index (κ3) is 1.41. The topological polar surface area (TPSA) is 43.1 Å². The van der Waals surface area contributed by atoms with Crippen LogP contribution in [0.25, 0.3) is 16.3 Å². The highest BCUT2D eigenvalue weighted by molar-refractivity contribution is 7.15. The Morgan fingerprint density at radius 3 is 2.93 bits per heavy atom. The predicted octanol–water partition coefficient (Wildman–Crippen LogP) is 2.16. The normalized spacial score (nSPS) is 11.0. The molecule has 0 fully saturated rings. The lowest BCUT2D eigenvalue weighted by atomic mass is 10.4. The molecule has 74 valence electrons. The first kappa shape index (κ1) is 8.55. The van der Waals surface area contributed by atoms with Crippen molar-refractivity contribution in [1.82, 2.24) is 19.6 Å². The maximum atomic E-state index is 4.40. The van der Waals surface area contributed by atoms with E-state index in [2.05, 4.69) is 34.1 Å². The summed E-state index contributed by atoms with van der Waals surface area (Å²) in [5, 5.41) is 4.13. The van der Waals surface area contributed by atoms with Gasteiger partial charge in [0.1, 0.15) is 5.69 Å². The Kier molecular flexibility index (Phi) is 1.78. The predicted molar refractivity (Wildman–Crippen MR) is 58.8 cm³/mol. The number of nitrogens with zero attached hydrogens (tertiary/aromatic N) is 4. The SMILES string of the molecule is Cc1ccc(-c2cn3nccnc3n2)s1. The number of thiophene rings is 1. The summed E-state index contributed by atoms with van der Waals surface area (Å²) in [7, 11) is 0. The highest BCUT2D eigenvalue weighted by Crippen LogP contribution is 2.26. The Morgan fingerprint density at radius 1 is 1.27 bits per heavy atom. The van der Waals surface area contributed by atoms with Crippen molar-refractivity contribution in [3.8, 4) is 10.6 Å². The summed E-state index contributed by atoms with van der Waals surface area (Å²) in [6.07, 6.45) is 5.19. The van der Waals surface area contributed by atoms with E-state index in [4.69, 9.17) is 0 Å². The second-order valence-corrected chi connectivity index (χ2v) is 4.51. The van der Waals surface area contributed by atoms with Crippen LogP contribution in [-0.2, 0) is 0 Å². The molecule has 3 aromatic heterocycles. The van der Waals surface area contributed by atoms with E-state index in [0.29, 0.717) is 5.78 Å². The summed E-state index contributed by atoms with van der Waals surface area (Å²) in [6.45, 7) is 2.08. The third-order valence-corrected chi connectivity index (χ3v) is 3.13. The number of hydrogen-bond donors (Lipinski definition) is 0. The van der Waals surface area contributed by atoms with Gasteiger partial charge in [-0.25, -0.2) is 14.5 Å². The first-order valence-corrected chi connectivity index (χ1v) is 5.38. The van der Waals surface area contributed by atoms with Crippen LogP contribution in [0.5, 0.6) is 0 Å². The summed E-state index contributed by atoms with van der Waals surface area (Å²) in [6, 6.07) is 4.16. The minimum absolute atomic E-state index is 0.638. The third-order valence-electron chi connectivity index (χ3n) is 2.11. The van der Waals surface area contributed by atoms with E-state index in [1.165, 1.54) is 4.88 Å². The van der Waals surface area contributed by atoms with Gasteiger partial charge < -0.3 is 0 Å².